The van der Waals surface area contributed by atoms with Crippen LogP contribution in [0.1, 0.15) is 75.4 Å². The van der Waals surface area contributed by atoms with E-state index in [9.17, 15) is 34.5 Å². The molecular formula is C22H19NO8. The van der Waals surface area contributed by atoms with Gasteiger partial charge in [-0.1, -0.05) is 24.3 Å². The Bertz CT molecular complexity index is 1200. The number of nitrogens with two attached hydrogens (primary N) is 1. The maximum Gasteiger partial charge on any atom is 0.303 e. The molecule has 2 aliphatic carbocycles. The van der Waals surface area contributed by atoms with Crippen LogP contribution in [0.5, 0.6) is 11.5 Å². The van der Waals surface area contributed by atoms with Gasteiger partial charge in [-0.05, 0) is 6.92 Å². The van der Waals surface area contributed by atoms with Crippen molar-refractivity contribution < 1.29 is 39.2 Å². The van der Waals surface area contributed by atoms with Crippen LogP contribution in [-0.2, 0) is 14.3 Å². The minimum Gasteiger partial charge on any atom is -0.507 e. The molecule has 9 nitrogen and oxygen atoms in total. The topological polar surface area (TPSA) is 164 Å². The van der Waals surface area contributed by atoms with E-state index in [1.807, 2.05) is 0 Å². The molecule has 0 saturated carbocycles. The summed E-state index contributed by atoms with van der Waals surface area (Å²) in [6.07, 6.45) is -3.62. The number of carbonyl (C=O) groups excluding carboxylic acids is 4. The summed E-state index contributed by atoms with van der Waals surface area (Å²) in [5.41, 5.74) is 2.66. The van der Waals surface area contributed by atoms with Crippen LogP contribution >= 0.6 is 0 Å². The zero-order valence-corrected chi connectivity index (χ0v) is 16.6. The maximum atomic E-state index is 13.1. The number of aliphatic hydroxyl groups is 1. The van der Waals surface area contributed by atoms with Gasteiger partial charge in [0.25, 0.3) is 0 Å². The molecule has 0 bridgehead atoms. The summed E-state index contributed by atoms with van der Waals surface area (Å²) in [5.74, 6) is -4.45. The molecule has 0 spiro atoms. The van der Waals surface area contributed by atoms with Crippen molar-refractivity contribution >= 4 is 23.3 Å². The van der Waals surface area contributed by atoms with Crippen LogP contribution in [0.2, 0.25) is 0 Å². The van der Waals surface area contributed by atoms with Crippen LogP contribution in [0, 0.1) is 0 Å². The summed E-state index contributed by atoms with van der Waals surface area (Å²) in [5, 5.41) is 32.7. The van der Waals surface area contributed by atoms with E-state index < -0.39 is 70.1 Å². The second kappa shape index (κ2) is 6.73. The molecule has 160 valence electrons. The zero-order valence-electron chi connectivity index (χ0n) is 16.6. The largest absolute Gasteiger partial charge is 0.507 e. The van der Waals surface area contributed by atoms with Crippen molar-refractivity contribution in [2.45, 2.75) is 38.0 Å². The van der Waals surface area contributed by atoms with Crippen molar-refractivity contribution in [1.82, 2.24) is 0 Å². The molecule has 5 N–H and O–H groups in total. The number of carbonyl (C=O) groups is 4. The second-order valence-electron chi connectivity index (χ2n) is 7.78. The molecular weight excluding hydrogens is 406 g/mol. The standard InChI is InChI=1S/C22H19NO8/c1-8(24)22(23)7-12(26)13-16(21(22)31-9(2)25)20(30)15-14(19(13)29)17(27)10-5-3-4-6-11(10)18(15)28/h3-6,12,21,26,29-30H,7,23H2,1-2H3/t12-,21+,22+/m0/s1. The van der Waals surface area contributed by atoms with Gasteiger partial charge in [0.05, 0.1) is 17.2 Å². The third kappa shape index (κ3) is 2.70. The molecule has 0 heterocycles. The highest BCUT2D eigenvalue weighted by Gasteiger charge is 2.53. The van der Waals surface area contributed by atoms with E-state index in [-0.39, 0.29) is 22.3 Å². The highest BCUT2D eigenvalue weighted by Crippen LogP contribution is 2.54. The lowest BCUT2D eigenvalue weighted by Gasteiger charge is -2.42. The molecule has 0 saturated heterocycles. The lowest BCUT2D eigenvalue weighted by atomic mass is 9.69. The number of rotatable bonds is 2. The van der Waals surface area contributed by atoms with Gasteiger partial charge >= 0.3 is 5.97 Å². The van der Waals surface area contributed by atoms with Crippen molar-refractivity contribution in [3.05, 3.63) is 57.6 Å². The Morgan fingerprint density at radius 1 is 1.00 bits per heavy atom. The quantitative estimate of drug-likeness (QED) is 0.349. The fourth-order valence-corrected chi connectivity index (χ4v) is 4.40. The number of ketones is 3. The Morgan fingerprint density at radius 2 is 1.48 bits per heavy atom. The monoisotopic (exact) mass is 425 g/mol. The van der Waals surface area contributed by atoms with E-state index in [0.717, 1.165) is 13.8 Å². The minimum absolute atomic E-state index is 0.0145. The first-order valence-corrected chi connectivity index (χ1v) is 9.46. The smallest absolute Gasteiger partial charge is 0.303 e. The molecule has 0 radical (unpaired) electrons. The third-order valence-electron chi connectivity index (χ3n) is 5.93. The molecule has 9 heteroatoms. The normalized spacial score (nSPS) is 24.1. The van der Waals surface area contributed by atoms with E-state index >= 15 is 0 Å². The second-order valence-corrected chi connectivity index (χ2v) is 7.78. The van der Waals surface area contributed by atoms with E-state index in [1.54, 1.807) is 6.07 Å². The third-order valence-corrected chi connectivity index (χ3v) is 5.93. The number of benzene rings is 2. The SMILES string of the molecule is CC(=O)O[C@@H]1c2c(O)c3c(c(O)c2[C@@H](O)C[C@@]1(N)C(C)=O)C(=O)c1ccccc1C3=O. The maximum absolute atomic E-state index is 13.1. The molecule has 0 aliphatic heterocycles. The average molecular weight is 425 g/mol. The number of Topliss-reactive ketones (excluding diaryl/α,β-unsaturated/α-hetero) is 1. The van der Waals surface area contributed by atoms with Crippen molar-refractivity contribution in [1.29, 1.82) is 0 Å². The van der Waals surface area contributed by atoms with Crippen LogP contribution in [-0.4, -0.2) is 44.2 Å². The molecule has 0 fully saturated rings. The number of aliphatic hydroxyl groups excluding tert-OH is 1. The van der Waals surface area contributed by atoms with Gasteiger partial charge in [-0.15, -0.1) is 0 Å². The fourth-order valence-electron chi connectivity index (χ4n) is 4.40. The highest BCUT2D eigenvalue weighted by atomic mass is 16.5. The molecule has 3 atom stereocenters. The number of phenolic OH excluding ortho intramolecular Hbond substituents is 2. The summed E-state index contributed by atoms with van der Waals surface area (Å²) in [6.45, 7) is 2.19. The van der Waals surface area contributed by atoms with E-state index in [0.29, 0.717) is 0 Å². The van der Waals surface area contributed by atoms with E-state index in [2.05, 4.69) is 0 Å². The summed E-state index contributed by atoms with van der Waals surface area (Å²) < 4.78 is 5.24. The van der Waals surface area contributed by atoms with Gasteiger partial charge in [-0.25, -0.2) is 0 Å². The molecule has 0 unspecified atom stereocenters. The van der Waals surface area contributed by atoms with Crippen LogP contribution < -0.4 is 5.73 Å². The Morgan fingerprint density at radius 3 is 1.94 bits per heavy atom. The van der Waals surface area contributed by atoms with Crippen LogP contribution in [0.3, 0.4) is 0 Å². The number of aromatic hydroxyl groups is 2. The van der Waals surface area contributed by atoms with Crippen LogP contribution in [0.4, 0.5) is 0 Å². The van der Waals surface area contributed by atoms with Crippen molar-refractivity contribution in [2.75, 3.05) is 0 Å². The van der Waals surface area contributed by atoms with Crippen LogP contribution in [0.25, 0.3) is 0 Å². The predicted octanol–water partition coefficient (Wildman–Crippen LogP) is 1.20. The Kier molecular flexibility index (Phi) is 4.49. The molecule has 0 aromatic heterocycles. The van der Waals surface area contributed by atoms with Gasteiger partial charge < -0.3 is 25.8 Å². The first-order chi connectivity index (χ1) is 14.5. The number of fused-ring (bicyclic) bond motifs is 3. The number of hydrogen-bond donors (Lipinski definition) is 4. The van der Waals surface area contributed by atoms with E-state index in [4.69, 9.17) is 10.5 Å². The average Bonchev–Trinajstić information content (AvgIpc) is 2.70. The first kappa shape index (κ1) is 20.7. The van der Waals surface area contributed by atoms with Gasteiger partial charge in [0.1, 0.15) is 17.0 Å². The number of hydrogen-bond acceptors (Lipinski definition) is 9. The molecule has 2 aromatic carbocycles. The van der Waals surface area contributed by atoms with Crippen molar-refractivity contribution in [3.8, 4) is 11.5 Å². The number of ether oxygens (including phenoxy) is 1. The molecule has 2 aliphatic rings. The Labute approximate surface area is 176 Å². The number of phenols is 2. The fraction of sp³-hybridized carbons (Fsp3) is 0.273. The number of esters is 1. The zero-order chi connectivity index (χ0) is 22.8. The van der Waals surface area contributed by atoms with Crippen molar-refractivity contribution in [3.63, 3.8) is 0 Å². The Hall–Kier alpha value is -3.56. The van der Waals surface area contributed by atoms with Crippen LogP contribution in [0.15, 0.2) is 24.3 Å². The van der Waals surface area contributed by atoms with Gasteiger partial charge in [-0.3, -0.25) is 19.2 Å². The molecule has 4 rings (SSSR count). The Balaban J connectivity index is 2.09. The summed E-state index contributed by atoms with van der Waals surface area (Å²) in [4.78, 5) is 50.3. The van der Waals surface area contributed by atoms with Gasteiger partial charge in [0, 0.05) is 35.6 Å². The molecule has 0 amide bonds. The van der Waals surface area contributed by atoms with E-state index in [1.165, 1.54) is 18.2 Å². The summed E-state index contributed by atoms with van der Waals surface area (Å²) in [6, 6.07) is 5.89. The lowest BCUT2D eigenvalue weighted by Crippen LogP contribution is -2.56. The summed E-state index contributed by atoms with van der Waals surface area (Å²) in [7, 11) is 0. The molecule has 2 aromatic rings. The van der Waals surface area contributed by atoms with Gasteiger partial charge in [0.15, 0.2) is 23.5 Å². The first-order valence-electron chi connectivity index (χ1n) is 9.46. The van der Waals surface area contributed by atoms with Gasteiger partial charge in [0.2, 0.25) is 0 Å². The molecule has 31 heavy (non-hydrogen) atoms. The summed E-state index contributed by atoms with van der Waals surface area (Å²) >= 11 is 0. The lowest BCUT2D eigenvalue weighted by molar-refractivity contribution is -0.155. The van der Waals surface area contributed by atoms with Crippen molar-refractivity contribution in [2.24, 2.45) is 5.73 Å². The predicted molar refractivity (Wildman–Crippen MR) is 105 cm³/mol. The minimum atomic E-state index is -1.93. The highest BCUT2D eigenvalue weighted by molar-refractivity contribution is 6.30. The van der Waals surface area contributed by atoms with Gasteiger partial charge in [-0.2, -0.15) is 0 Å².